The number of aliphatic hydroxyl groups is 1. The van der Waals surface area contributed by atoms with Crippen molar-refractivity contribution in [1.82, 2.24) is 0 Å². The van der Waals surface area contributed by atoms with Gasteiger partial charge in [0.2, 0.25) is 0 Å². The highest BCUT2D eigenvalue weighted by Crippen LogP contribution is 2.27. The van der Waals surface area contributed by atoms with E-state index in [2.05, 4.69) is 4.74 Å². The van der Waals surface area contributed by atoms with Crippen molar-refractivity contribution < 1.29 is 24.2 Å². The third kappa shape index (κ3) is 4.30. The Morgan fingerprint density at radius 3 is 2.63 bits per heavy atom. The zero-order valence-electron chi connectivity index (χ0n) is 10.5. The van der Waals surface area contributed by atoms with Crippen LogP contribution in [0.15, 0.2) is 24.3 Å². The molecular weight excluding hydrogens is 272 g/mol. The molecule has 0 unspecified atom stereocenters. The van der Waals surface area contributed by atoms with Crippen LogP contribution in [0.2, 0.25) is 5.02 Å². The molecular formula is C13H13ClO5. The number of esters is 1. The Morgan fingerprint density at radius 1 is 1.37 bits per heavy atom. The molecule has 0 saturated carbocycles. The minimum atomic E-state index is -0.674. The highest BCUT2D eigenvalue weighted by atomic mass is 35.5. The minimum Gasteiger partial charge on any atom is -0.507 e. The first-order valence-corrected chi connectivity index (χ1v) is 5.70. The van der Waals surface area contributed by atoms with Gasteiger partial charge in [0.1, 0.15) is 17.9 Å². The van der Waals surface area contributed by atoms with E-state index in [-0.39, 0.29) is 11.3 Å². The van der Waals surface area contributed by atoms with Gasteiger partial charge in [-0.1, -0.05) is 11.6 Å². The Kier molecular flexibility index (Phi) is 5.38. The second kappa shape index (κ2) is 6.80. The molecule has 0 fully saturated rings. The summed E-state index contributed by atoms with van der Waals surface area (Å²) < 4.78 is 9.40. The van der Waals surface area contributed by atoms with Crippen LogP contribution < -0.4 is 4.74 Å². The van der Waals surface area contributed by atoms with Crippen LogP contribution in [0.3, 0.4) is 0 Å². The Hall–Kier alpha value is -2.01. The molecule has 0 aromatic heterocycles. The number of benzene rings is 1. The number of methoxy groups -OCH3 is 2. The van der Waals surface area contributed by atoms with Crippen LogP contribution in [-0.2, 0) is 14.3 Å². The van der Waals surface area contributed by atoms with Crippen LogP contribution in [0, 0.1) is 0 Å². The smallest absolute Gasteiger partial charge is 0.313 e. The number of rotatable bonds is 5. The molecule has 0 amide bonds. The van der Waals surface area contributed by atoms with Crippen molar-refractivity contribution in [1.29, 1.82) is 0 Å². The number of hydrogen-bond donors (Lipinski definition) is 1. The van der Waals surface area contributed by atoms with E-state index < -0.39 is 18.2 Å². The number of allylic oxidation sites excluding steroid dienone is 1. The molecule has 0 atom stereocenters. The van der Waals surface area contributed by atoms with Gasteiger partial charge >= 0.3 is 5.97 Å². The molecule has 0 aliphatic rings. The van der Waals surface area contributed by atoms with Crippen molar-refractivity contribution in [2.24, 2.45) is 0 Å². The van der Waals surface area contributed by atoms with Gasteiger partial charge in [0.25, 0.3) is 0 Å². The summed E-state index contributed by atoms with van der Waals surface area (Å²) >= 11 is 5.81. The molecule has 102 valence electrons. The SMILES string of the molecule is COC(=O)CC(=O)/C=C(\O)c1cc(Cl)ccc1OC. The third-order valence-corrected chi connectivity index (χ3v) is 2.52. The van der Waals surface area contributed by atoms with Crippen LogP contribution in [0.4, 0.5) is 0 Å². The maximum atomic E-state index is 11.5. The van der Waals surface area contributed by atoms with E-state index in [0.717, 1.165) is 6.08 Å². The lowest BCUT2D eigenvalue weighted by Crippen LogP contribution is -2.07. The number of halogens is 1. The summed E-state index contributed by atoms with van der Waals surface area (Å²) in [5.74, 6) is -1.21. The standard InChI is InChI=1S/C13H13ClO5/c1-18-12-4-3-8(14)5-10(12)11(16)6-9(15)7-13(17)19-2/h3-6,16H,7H2,1-2H3/b11-6-. The first kappa shape index (κ1) is 15.0. The molecule has 0 saturated heterocycles. The van der Waals surface area contributed by atoms with Gasteiger partial charge in [-0.3, -0.25) is 9.59 Å². The van der Waals surface area contributed by atoms with Crippen molar-refractivity contribution in [3.8, 4) is 5.75 Å². The number of aliphatic hydroxyl groups excluding tert-OH is 1. The molecule has 0 aliphatic heterocycles. The Balaban J connectivity index is 2.99. The Morgan fingerprint density at radius 2 is 2.05 bits per heavy atom. The van der Waals surface area contributed by atoms with Gasteiger partial charge in [-0.05, 0) is 18.2 Å². The van der Waals surface area contributed by atoms with E-state index in [1.807, 2.05) is 0 Å². The highest BCUT2D eigenvalue weighted by Gasteiger charge is 2.12. The summed E-state index contributed by atoms with van der Waals surface area (Å²) in [4.78, 5) is 22.4. The number of carbonyl (C=O) groups is 2. The predicted octanol–water partition coefficient (Wildman–Crippen LogP) is 2.38. The molecule has 0 spiro atoms. The van der Waals surface area contributed by atoms with E-state index in [0.29, 0.717) is 10.8 Å². The van der Waals surface area contributed by atoms with Crippen LogP contribution in [0.5, 0.6) is 5.75 Å². The summed E-state index contributed by atoms with van der Waals surface area (Å²) in [6.45, 7) is 0. The zero-order valence-corrected chi connectivity index (χ0v) is 11.2. The summed E-state index contributed by atoms with van der Waals surface area (Å²) in [5, 5.41) is 10.2. The molecule has 0 radical (unpaired) electrons. The van der Waals surface area contributed by atoms with Crippen molar-refractivity contribution in [2.75, 3.05) is 14.2 Å². The van der Waals surface area contributed by atoms with Crippen LogP contribution in [-0.4, -0.2) is 31.1 Å². The van der Waals surface area contributed by atoms with Crippen molar-refractivity contribution >= 4 is 29.1 Å². The zero-order chi connectivity index (χ0) is 14.4. The Labute approximate surface area is 115 Å². The summed E-state index contributed by atoms with van der Waals surface area (Å²) in [5.41, 5.74) is 0.271. The molecule has 1 aromatic carbocycles. The van der Waals surface area contributed by atoms with Crippen molar-refractivity contribution in [2.45, 2.75) is 6.42 Å². The third-order valence-electron chi connectivity index (χ3n) is 2.28. The van der Waals surface area contributed by atoms with Crippen molar-refractivity contribution in [3.05, 3.63) is 34.9 Å². The molecule has 0 bridgehead atoms. The second-order valence-corrected chi connectivity index (χ2v) is 4.03. The van der Waals surface area contributed by atoms with Gasteiger partial charge in [0.15, 0.2) is 5.78 Å². The monoisotopic (exact) mass is 284 g/mol. The molecule has 0 heterocycles. The largest absolute Gasteiger partial charge is 0.507 e. The topological polar surface area (TPSA) is 72.8 Å². The van der Waals surface area contributed by atoms with Crippen LogP contribution >= 0.6 is 11.6 Å². The second-order valence-electron chi connectivity index (χ2n) is 3.59. The van der Waals surface area contributed by atoms with E-state index in [1.54, 1.807) is 12.1 Å². The van der Waals surface area contributed by atoms with E-state index in [9.17, 15) is 14.7 Å². The number of ketones is 1. The maximum Gasteiger partial charge on any atom is 0.313 e. The lowest BCUT2D eigenvalue weighted by atomic mass is 10.1. The summed E-state index contributed by atoms with van der Waals surface area (Å²) in [7, 11) is 2.61. The molecule has 5 nitrogen and oxygen atoms in total. The highest BCUT2D eigenvalue weighted by molar-refractivity contribution is 6.30. The van der Waals surface area contributed by atoms with Gasteiger partial charge in [-0.15, -0.1) is 0 Å². The quantitative estimate of drug-likeness (QED) is 0.389. The maximum absolute atomic E-state index is 11.5. The normalized spacial score (nSPS) is 11.0. The molecule has 6 heteroatoms. The lowest BCUT2D eigenvalue weighted by molar-refractivity contribution is -0.142. The molecule has 19 heavy (non-hydrogen) atoms. The molecule has 0 aliphatic carbocycles. The van der Waals surface area contributed by atoms with Gasteiger partial charge in [-0.25, -0.2) is 0 Å². The van der Waals surface area contributed by atoms with E-state index in [4.69, 9.17) is 16.3 Å². The summed E-state index contributed by atoms with van der Waals surface area (Å²) in [6.07, 6.45) is 0.495. The van der Waals surface area contributed by atoms with E-state index >= 15 is 0 Å². The van der Waals surface area contributed by atoms with Gasteiger partial charge < -0.3 is 14.6 Å². The average Bonchev–Trinajstić information content (AvgIpc) is 2.38. The fraction of sp³-hybridized carbons (Fsp3) is 0.231. The lowest BCUT2D eigenvalue weighted by Gasteiger charge is -2.07. The predicted molar refractivity (Wildman–Crippen MR) is 70.2 cm³/mol. The van der Waals surface area contributed by atoms with Gasteiger partial charge in [0, 0.05) is 11.1 Å². The van der Waals surface area contributed by atoms with E-state index in [1.165, 1.54) is 20.3 Å². The van der Waals surface area contributed by atoms with Crippen LogP contribution in [0.25, 0.3) is 5.76 Å². The average molecular weight is 285 g/mol. The Bertz CT molecular complexity index is 522. The molecule has 1 aromatic rings. The first-order valence-electron chi connectivity index (χ1n) is 5.32. The fourth-order valence-corrected chi connectivity index (χ4v) is 1.55. The van der Waals surface area contributed by atoms with Gasteiger partial charge in [-0.2, -0.15) is 0 Å². The first-order chi connectivity index (χ1) is 8.97. The van der Waals surface area contributed by atoms with Gasteiger partial charge in [0.05, 0.1) is 19.8 Å². The molecule has 1 N–H and O–H groups in total. The fourth-order valence-electron chi connectivity index (χ4n) is 1.38. The molecule has 1 rings (SSSR count). The van der Waals surface area contributed by atoms with Crippen LogP contribution in [0.1, 0.15) is 12.0 Å². The minimum absolute atomic E-state index is 0.271. The number of hydrogen-bond acceptors (Lipinski definition) is 5. The summed E-state index contributed by atoms with van der Waals surface area (Å²) in [6, 6.07) is 4.61. The number of ether oxygens (including phenoxy) is 2. The van der Waals surface area contributed by atoms with Crippen molar-refractivity contribution in [3.63, 3.8) is 0 Å². The number of carbonyl (C=O) groups excluding carboxylic acids is 2.